The van der Waals surface area contributed by atoms with Crippen molar-refractivity contribution in [1.82, 2.24) is 10.2 Å². The average molecular weight is 282 g/mol. The first-order valence-corrected chi connectivity index (χ1v) is 7.96. The van der Waals surface area contributed by atoms with Crippen LogP contribution in [0.1, 0.15) is 46.5 Å². The number of nitrogens with one attached hydrogen (secondary N) is 1. The van der Waals surface area contributed by atoms with E-state index in [1.54, 1.807) is 7.11 Å². The van der Waals surface area contributed by atoms with Crippen molar-refractivity contribution >= 4 is 5.91 Å². The third-order valence-electron chi connectivity index (χ3n) is 4.41. The molecule has 0 aromatic carbocycles. The predicted octanol–water partition coefficient (Wildman–Crippen LogP) is 2.04. The van der Waals surface area contributed by atoms with E-state index < -0.39 is 0 Å². The highest BCUT2D eigenvalue weighted by atomic mass is 16.5. The van der Waals surface area contributed by atoms with Crippen LogP contribution in [-0.4, -0.2) is 49.7 Å². The Kier molecular flexibility index (Phi) is 5.08. The first kappa shape index (κ1) is 15.8. The van der Waals surface area contributed by atoms with Crippen molar-refractivity contribution in [3.63, 3.8) is 0 Å². The molecule has 1 aliphatic carbocycles. The largest absolute Gasteiger partial charge is 0.383 e. The SMILES string of the molecule is COCC(NC1CCN(C(=O)C(C)(C)C)CC1)C1CC1. The minimum Gasteiger partial charge on any atom is -0.383 e. The van der Waals surface area contributed by atoms with Gasteiger partial charge in [0.05, 0.1) is 6.61 Å². The Hall–Kier alpha value is -0.610. The molecule has 1 unspecified atom stereocenters. The van der Waals surface area contributed by atoms with Crippen molar-refractivity contribution in [1.29, 1.82) is 0 Å². The van der Waals surface area contributed by atoms with Crippen LogP contribution in [0.2, 0.25) is 0 Å². The van der Waals surface area contributed by atoms with Gasteiger partial charge in [-0.1, -0.05) is 20.8 Å². The van der Waals surface area contributed by atoms with Crippen LogP contribution in [0.5, 0.6) is 0 Å². The molecule has 0 spiro atoms. The van der Waals surface area contributed by atoms with Gasteiger partial charge in [-0.05, 0) is 31.6 Å². The molecule has 0 aromatic heterocycles. The van der Waals surface area contributed by atoms with Crippen molar-refractivity contribution in [3.8, 4) is 0 Å². The first-order valence-electron chi connectivity index (χ1n) is 7.96. The second-order valence-electron chi connectivity index (χ2n) is 7.38. The molecule has 1 atom stereocenters. The van der Waals surface area contributed by atoms with E-state index in [4.69, 9.17) is 4.74 Å². The maximum atomic E-state index is 12.3. The van der Waals surface area contributed by atoms with Crippen LogP contribution < -0.4 is 5.32 Å². The summed E-state index contributed by atoms with van der Waals surface area (Å²) in [6, 6.07) is 1.05. The zero-order valence-corrected chi connectivity index (χ0v) is 13.4. The minimum atomic E-state index is -0.257. The number of hydrogen-bond donors (Lipinski definition) is 1. The van der Waals surface area contributed by atoms with Gasteiger partial charge < -0.3 is 15.0 Å². The van der Waals surface area contributed by atoms with Crippen LogP contribution in [-0.2, 0) is 9.53 Å². The van der Waals surface area contributed by atoms with Crippen molar-refractivity contribution in [2.45, 2.75) is 58.5 Å². The summed E-state index contributed by atoms with van der Waals surface area (Å²) in [6.07, 6.45) is 4.80. The van der Waals surface area contributed by atoms with Crippen LogP contribution >= 0.6 is 0 Å². The van der Waals surface area contributed by atoms with Crippen LogP contribution in [0.4, 0.5) is 0 Å². The summed E-state index contributed by atoms with van der Waals surface area (Å²) >= 11 is 0. The topological polar surface area (TPSA) is 41.6 Å². The Balaban J connectivity index is 1.77. The highest BCUT2D eigenvalue weighted by molar-refractivity contribution is 5.81. The van der Waals surface area contributed by atoms with Gasteiger partial charge in [-0.25, -0.2) is 0 Å². The van der Waals surface area contributed by atoms with Gasteiger partial charge in [0.25, 0.3) is 0 Å². The van der Waals surface area contributed by atoms with Crippen LogP contribution in [0.25, 0.3) is 0 Å². The molecule has 1 saturated carbocycles. The lowest BCUT2D eigenvalue weighted by atomic mass is 9.92. The Labute approximate surface area is 123 Å². The van der Waals surface area contributed by atoms with E-state index in [-0.39, 0.29) is 11.3 Å². The summed E-state index contributed by atoms with van der Waals surface area (Å²) in [5, 5.41) is 3.75. The Morgan fingerprint density at radius 3 is 2.30 bits per heavy atom. The highest BCUT2D eigenvalue weighted by Crippen LogP contribution is 2.33. The second-order valence-corrected chi connectivity index (χ2v) is 7.38. The molecule has 2 rings (SSSR count). The fourth-order valence-electron chi connectivity index (χ4n) is 3.02. The van der Waals surface area contributed by atoms with Gasteiger partial charge in [-0.2, -0.15) is 0 Å². The van der Waals surface area contributed by atoms with Crippen molar-refractivity contribution in [2.24, 2.45) is 11.3 Å². The molecule has 1 heterocycles. The van der Waals surface area contributed by atoms with Gasteiger partial charge in [0, 0.05) is 37.7 Å². The number of piperidine rings is 1. The quantitative estimate of drug-likeness (QED) is 0.839. The third kappa shape index (κ3) is 4.19. The maximum absolute atomic E-state index is 12.3. The van der Waals surface area contributed by atoms with E-state index in [9.17, 15) is 4.79 Å². The molecule has 20 heavy (non-hydrogen) atoms. The summed E-state index contributed by atoms with van der Waals surface area (Å²) in [6.45, 7) is 8.59. The van der Waals surface area contributed by atoms with Crippen molar-refractivity contribution in [2.75, 3.05) is 26.8 Å². The number of rotatable bonds is 5. The molecule has 1 N–H and O–H groups in total. The lowest BCUT2D eigenvalue weighted by molar-refractivity contribution is -0.140. The van der Waals surface area contributed by atoms with Crippen LogP contribution in [0.3, 0.4) is 0 Å². The molecule has 0 radical (unpaired) electrons. The summed E-state index contributed by atoms with van der Waals surface area (Å²) in [5.74, 6) is 1.09. The molecule has 1 saturated heterocycles. The smallest absolute Gasteiger partial charge is 0.227 e. The second kappa shape index (κ2) is 6.44. The van der Waals surface area contributed by atoms with Gasteiger partial charge in [0.15, 0.2) is 0 Å². The van der Waals surface area contributed by atoms with E-state index in [0.29, 0.717) is 12.1 Å². The normalized spacial score (nSPS) is 22.9. The number of carbonyl (C=O) groups is 1. The van der Waals surface area contributed by atoms with Gasteiger partial charge in [0.2, 0.25) is 5.91 Å². The Morgan fingerprint density at radius 2 is 1.85 bits per heavy atom. The number of likely N-dealkylation sites (tertiary alicyclic amines) is 1. The predicted molar refractivity (Wildman–Crippen MR) is 80.6 cm³/mol. The number of ether oxygens (including phenoxy) is 1. The van der Waals surface area contributed by atoms with Crippen molar-refractivity contribution < 1.29 is 9.53 Å². The lowest BCUT2D eigenvalue weighted by Crippen LogP contribution is -2.51. The van der Waals surface area contributed by atoms with Gasteiger partial charge >= 0.3 is 0 Å². The Morgan fingerprint density at radius 1 is 1.25 bits per heavy atom. The van der Waals surface area contributed by atoms with E-state index in [0.717, 1.165) is 38.5 Å². The molecular weight excluding hydrogens is 252 g/mol. The fraction of sp³-hybridized carbons (Fsp3) is 0.938. The first-order chi connectivity index (χ1) is 9.41. The number of nitrogens with zero attached hydrogens (tertiary/aromatic N) is 1. The summed E-state index contributed by atoms with van der Waals surface area (Å²) < 4.78 is 5.32. The van der Waals surface area contributed by atoms with E-state index in [1.165, 1.54) is 12.8 Å². The minimum absolute atomic E-state index is 0.257. The molecule has 0 bridgehead atoms. The molecule has 1 aliphatic heterocycles. The number of hydrogen-bond acceptors (Lipinski definition) is 3. The summed E-state index contributed by atoms with van der Waals surface area (Å²) in [7, 11) is 1.78. The van der Waals surface area contributed by atoms with Gasteiger partial charge in [-0.15, -0.1) is 0 Å². The van der Waals surface area contributed by atoms with E-state index >= 15 is 0 Å². The molecule has 116 valence electrons. The monoisotopic (exact) mass is 282 g/mol. The lowest BCUT2D eigenvalue weighted by Gasteiger charge is -2.37. The van der Waals surface area contributed by atoms with E-state index in [1.807, 2.05) is 25.7 Å². The Bertz CT molecular complexity index is 326. The molecule has 2 fully saturated rings. The number of methoxy groups -OCH3 is 1. The standard InChI is InChI=1S/C16H30N2O2/c1-16(2,3)15(19)18-9-7-13(8-10-18)17-14(11-20-4)12-5-6-12/h12-14,17H,5-11H2,1-4H3. The summed E-state index contributed by atoms with van der Waals surface area (Å²) in [4.78, 5) is 14.3. The van der Waals surface area contributed by atoms with Crippen LogP contribution in [0.15, 0.2) is 0 Å². The highest BCUT2D eigenvalue weighted by Gasteiger charge is 2.34. The molecule has 0 aromatic rings. The zero-order valence-electron chi connectivity index (χ0n) is 13.4. The van der Waals surface area contributed by atoms with E-state index in [2.05, 4.69) is 5.32 Å². The van der Waals surface area contributed by atoms with Gasteiger partial charge in [0.1, 0.15) is 0 Å². The molecule has 4 nitrogen and oxygen atoms in total. The molecule has 4 heteroatoms. The van der Waals surface area contributed by atoms with Crippen LogP contribution in [0, 0.1) is 11.3 Å². The molecule has 2 aliphatic rings. The summed E-state index contributed by atoms with van der Waals surface area (Å²) in [5.41, 5.74) is -0.257. The number of carbonyl (C=O) groups excluding carboxylic acids is 1. The average Bonchev–Trinajstić information content (AvgIpc) is 3.21. The molecule has 1 amide bonds. The number of amides is 1. The molecular formula is C16H30N2O2. The zero-order chi connectivity index (χ0) is 14.8. The maximum Gasteiger partial charge on any atom is 0.227 e. The third-order valence-corrected chi connectivity index (χ3v) is 4.41. The fourth-order valence-corrected chi connectivity index (χ4v) is 3.02. The van der Waals surface area contributed by atoms with Gasteiger partial charge in [-0.3, -0.25) is 4.79 Å². The van der Waals surface area contributed by atoms with Crippen molar-refractivity contribution in [3.05, 3.63) is 0 Å².